The van der Waals surface area contributed by atoms with E-state index in [1.807, 2.05) is 67.4 Å². The smallest absolute Gasteiger partial charge is 0.407 e. The molecule has 5 heterocycles. The van der Waals surface area contributed by atoms with E-state index < -0.39 is 18.2 Å². The number of carbonyl (C=O) groups is 4. The zero-order valence-electron chi connectivity index (χ0n) is 33.2. The van der Waals surface area contributed by atoms with Crippen LogP contribution in [0.1, 0.15) is 74.9 Å². The number of pyridine rings is 1. The van der Waals surface area contributed by atoms with Crippen molar-refractivity contribution in [3.8, 4) is 33.6 Å². The van der Waals surface area contributed by atoms with Gasteiger partial charge in [-0.15, -0.1) is 0 Å². The Labute approximate surface area is 341 Å². The molecule has 0 aliphatic carbocycles. The molecule has 4 amide bonds. The predicted octanol–water partition coefficient (Wildman–Crippen LogP) is 6.88. The lowest BCUT2D eigenvalue weighted by Crippen LogP contribution is -2.48. The first kappa shape index (κ1) is 39.0. The molecule has 14 heteroatoms. The average molecular weight is 794 g/mol. The molecule has 4 N–H and O–H groups in total. The molecule has 0 saturated carbocycles. The Morgan fingerprint density at radius 3 is 1.98 bits per heavy atom. The first-order chi connectivity index (χ1) is 28.7. The van der Waals surface area contributed by atoms with Gasteiger partial charge in [0.1, 0.15) is 23.7 Å². The molecule has 3 aromatic carbocycles. The maximum absolute atomic E-state index is 13.9. The highest BCUT2D eigenvalue weighted by atomic mass is 16.5. The number of hydrogen-bond donors (Lipinski definition) is 4. The van der Waals surface area contributed by atoms with Gasteiger partial charge in [-0.2, -0.15) is 0 Å². The van der Waals surface area contributed by atoms with Crippen molar-refractivity contribution in [1.29, 1.82) is 0 Å². The quantitative estimate of drug-likeness (QED) is 0.0970. The SMILES string of the molecule is COC(=O)N[C@@H](C(=O)N1CCC[C@H]1c1ncc(-c2ccc(-c3ccc4cc(-c5cnc([C@@H]6CCCN6C(=O)[C@@H](NC=O)C(C)C)[nH]5)cnc4c3)cc2)[nH]1)c1ccccc1. The van der Waals surface area contributed by atoms with Gasteiger partial charge in [0.15, 0.2) is 0 Å². The number of imidazole rings is 2. The predicted molar refractivity (Wildman–Crippen MR) is 222 cm³/mol. The lowest BCUT2D eigenvalue weighted by atomic mass is 10.0. The number of rotatable bonds is 12. The van der Waals surface area contributed by atoms with E-state index in [2.05, 4.69) is 62.0 Å². The highest BCUT2D eigenvalue weighted by molar-refractivity contribution is 5.89. The summed E-state index contributed by atoms with van der Waals surface area (Å²) in [6.45, 7) is 5.02. The number of aromatic amines is 2. The molecule has 14 nitrogen and oxygen atoms in total. The van der Waals surface area contributed by atoms with Gasteiger partial charge in [0.2, 0.25) is 12.3 Å². The summed E-state index contributed by atoms with van der Waals surface area (Å²) in [7, 11) is 1.28. The maximum Gasteiger partial charge on any atom is 0.407 e. The summed E-state index contributed by atoms with van der Waals surface area (Å²) in [5, 5.41) is 6.39. The highest BCUT2D eigenvalue weighted by Crippen LogP contribution is 2.36. The molecule has 0 unspecified atom stereocenters. The number of methoxy groups -OCH3 is 1. The van der Waals surface area contributed by atoms with E-state index in [-0.39, 0.29) is 29.8 Å². The molecule has 2 aliphatic rings. The van der Waals surface area contributed by atoms with Crippen molar-refractivity contribution in [3.05, 3.63) is 115 Å². The van der Waals surface area contributed by atoms with Gasteiger partial charge in [-0.05, 0) is 66.0 Å². The third-order valence-corrected chi connectivity index (χ3v) is 11.4. The molecular formula is C45H47N9O5. The molecule has 3 aromatic heterocycles. The van der Waals surface area contributed by atoms with E-state index in [0.29, 0.717) is 30.9 Å². The minimum absolute atomic E-state index is 0.0319. The molecule has 2 saturated heterocycles. The Kier molecular flexibility index (Phi) is 11.2. The number of nitrogens with one attached hydrogen (secondary N) is 4. The van der Waals surface area contributed by atoms with E-state index in [1.165, 1.54) is 7.11 Å². The van der Waals surface area contributed by atoms with Gasteiger partial charge in [-0.25, -0.2) is 14.8 Å². The summed E-state index contributed by atoms with van der Waals surface area (Å²) in [6.07, 6.45) is 8.57. The minimum atomic E-state index is -0.881. The van der Waals surface area contributed by atoms with Crippen LogP contribution in [0.3, 0.4) is 0 Å². The van der Waals surface area contributed by atoms with Crippen LogP contribution in [0.5, 0.6) is 0 Å². The van der Waals surface area contributed by atoms with Gasteiger partial charge >= 0.3 is 6.09 Å². The normalized spacial score (nSPS) is 17.6. The molecule has 0 radical (unpaired) electrons. The van der Waals surface area contributed by atoms with Crippen LogP contribution in [0.25, 0.3) is 44.5 Å². The van der Waals surface area contributed by atoms with Crippen LogP contribution in [0, 0.1) is 5.92 Å². The number of hydrogen-bond acceptors (Lipinski definition) is 8. The van der Waals surface area contributed by atoms with Gasteiger partial charge in [0.05, 0.1) is 48.5 Å². The molecule has 302 valence electrons. The van der Waals surface area contributed by atoms with Crippen molar-refractivity contribution >= 4 is 35.2 Å². The van der Waals surface area contributed by atoms with Crippen molar-refractivity contribution in [1.82, 2.24) is 45.4 Å². The molecule has 0 bridgehead atoms. The van der Waals surface area contributed by atoms with Crippen LogP contribution in [0.4, 0.5) is 4.79 Å². The van der Waals surface area contributed by atoms with Crippen LogP contribution in [-0.2, 0) is 19.1 Å². The Bertz CT molecular complexity index is 2460. The minimum Gasteiger partial charge on any atom is -0.453 e. The number of H-pyrrole nitrogens is 2. The van der Waals surface area contributed by atoms with Gasteiger partial charge < -0.3 is 35.1 Å². The van der Waals surface area contributed by atoms with Crippen LogP contribution in [0.15, 0.2) is 97.5 Å². The Balaban J connectivity index is 0.948. The van der Waals surface area contributed by atoms with Crippen molar-refractivity contribution in [3.63, 3.8) is 0 Å². The number of carbonyl (C=O) groups excluding carboxylic acids is 4. The standard InChI is InChI=1S/C45H47N9O5/c1-27(2)39(49-26-55)43(56)53-19-7-11-37(53)42-48-25-36(51-42)33-21-32-18-17-31(22-34(32)46-23-33)28-13-15-29(16-14-28)35-24-47-41(50-35)38-12-8-20-54(38)44(57)40(52-45(58)59-3)30-9-5-4-6-10-30/h4-6,9-10,13-18,21-27,37-40H,7-8,11-12,19-20H2,1-3H3,(H,47,50)(H,48,51)(H,49,55)(H,52,58)/t37-,38-,39-,40+/m0/s1. The Hall–Kier alpha value is -6.83. The summed E-state index contributed by atoms with van der Waals surface area (Å²) in [4.78, 5) is 75.4. The zero-order valence-corrected chi connectivity index (χ0v) is 33.2. The Morgan fingerprint density at radius 1 is 0.746 bits per heavy atom. The van der Waals surface area contributed by atoms with Crippen LogP contribution < -0.4 is 10.6 Å². The van der Waals surface area contributed by atoms with E-state index in [0.717, 1.165) is 76.1 Å². The number of alkyl carbamates (subject to hydrolysis) is 1. The second kappa shape index (κ2) is 16.9. The number of likely N-dealkylation sites (tertiary alicyclic amines) is 2. The number of benzene rings is 3. The molecule has 2 fully saturated rings. The number of fused-ring (bicyclic) bond motifs is 1. The third kappa shape index (κ3) is 8.02. The maximum atomic E-state index is 13.9. The summed E-state index contributed by atoms with van der Waals surface area (Å²) in [6, 6.07) is 23.8. The first-order valence-corrected chi connectivity index (χ1v) is 20.0. The molecule has 59 heavy (non-hydrogen) atoms. The first-order valence-electron chi connectivity index (χ1n) is 20.0. The number of amides is 4. The number of aromatic nitrogens is 5. The number of ether oxygens (including phenoxy) is 1. The van der Waals surface area contributed by atoms with E-state index >= 15 is 0 Å². The molecule has 6 aromatic rings. The molecule has 2 aliphatic heterocycles. The molecular weight excluding hydrogens is 747 g/mol. The van der Waals surface area contributed by atoms with Crippen molar-refractivity contribution in [2.75, 3.05) is 20.2 Å². The summed E-state index contributed by atoms with van der Waals surface area (Å²) in [5.74, 6) is 1.09. The lowest BCUT2D eigenvalue weighted by molar-refractivity contribution is -0.137. The lowest BCUT2D eigenvalue weighted by Gasteiger charge is -2.29. The third-order valence-electron chi connectivity index (χ3n) is 11.4. The second-order valence-corrected chi connectivity index (χ2v) is 15.4. The summed E-state index contributed by atoms with van der Waals surface area (Å²) < 4.78 is 4.83. The van der Waals surface area contributed by atoms with E-state index in [9.17, 15) is 19.2 Å². The fourth-order valence-electron chi connectivity index (χ4n) is 8.30. The molecule has 4 atom stereocenters. The van der Waals surface area contributed by atoms with Gasteiger partial charge in [0, 0.05) is 30.2 Å². The topological polar surface area (TPSA) is 178 Å². The summed E-state index contributed by atoms with van der Waals surface area (Å²) in [5.41, 5.74) is 7.12. The largest absolute Gasteiger partial charge is 0.453 e. The Morgan fingerprint density at radius 2 is 1.36 bits per heavy atom. The summed E-state index contributed by atoms with van der Waals surface area (Å²) >= 11 is 0. The molecule has 8 rings (SSSR count). The van der Waals surface area contributed by atoms with Gasteiger partial charge in [-0.1, -0.05) is 80.6 Å². The fraction of sp³-hybridized carbons (Fsp3) is 0.311. The van der Waals surface area contributed by atoms with Crippen molar-refractivity contribution in [2.45, 2.75) is 63.7 Å². The monoisotopic (exact) mass is 793 g/mol. The zero-order chi connectivity index (χ0) is 41.0. The second-order valence-electron chi connectivity index (χ2n) is 15.4. The van der Waals surface area contributed by atoms with Crippen molar-refractivity contribution in [2.24, 2.45) is 5.92 Å². The average Bonchev–Trinajstić information content (AvgIpc) is 4.11. The van der Waals surface area contributed by atoms with E-state index in [4.69, 9.17) is 14.7 Å². The van der Waals surface area contributed by atoms with Crippen LogP contribution in [-0.4, -0.2) is 85.3 Å². The van der Waals surface area contributed by atoms with Gasteiger partial charge in [-0.3, -0.25) is 19.4 Å². The van der Waals surface area contributed by atoms with Gasteiger partial charge in [0.25, 0.3) is 5.91 Å². The van der Waals surface area contributed by atoms with Crippen LogP contribution >= 0.6 is 0 Å². The van der Waals surface area contributed by atoms with Crippen LogP contribution in [0.2, 0.25) is 0 Å². The number of nitrogens with zero attached hydrogens (tertiary/aromatic N) is 5. The molecule has 0 spiro atoms. The van der Waals surface area contributed by atoms with E-state index in [1.54, 1.807) is 17.3 Å². The highest BCUT2D eigenvalue weighted by Gasteiger charge is 2.38. The fourth-order valence-corrected chi connectivity index (χ4v) is 8.30. The van der Waals surface area contributed by atoms with Crippen molar-refractivity contribution < 1.29 is 23.9 Å².